The third-order valence-corrected chi connectivity index (χ3v) is 7.49. The van der Waals surface area contributed by atoms with Crippen LogP contribution in [0.5, 0.6) is 5.75 Å². The Bertz CT molecular complexity index is 809. The number of hydrogen-bond donors (Lipinski definition) is 0. The molecule has 2 heterocycles. The van der Waals surface area contributed by atoms with Gasteiger partial charge >= 0.3 is 0 Å². The molecule has 0 aromatic heterocycles. The molecule has 0 spiro atoms. The highest BCUT2D eigenvalue weighted by Crippen LogP contribution is 2.31. The van der Waals surface area contributed by atoms with Crippen LogP contribution in [0.1, 0.15) is 19.8 Å². The Hall–Kier alpha value is -1.71. The standard InChI is InChI=1S/C19H28FN3O4S/c1-3-21-9-11-22(12-10-21)19(24)15-5-4-8-23(14-15)28(25,26)18-13-16(20)6-7-17(18)27-2/h6-7,13,15H,3-5,8-12,14H2,1-2H3/t15-/m0/s1. The van der Waals surface area contributed by atoms with Crippen LogP contribution in [0.4, 0.5) is 4.39 Å². The third kappa shape index (κ3) is 4.31. The molecule has 0 N–H and O–H groups in total. The second kappa shape index (κ2) is 8.75. The first-order chi connectivity index (χ1) is 13.4. The zero-order valence-electron chi connectivity index (χ0n) is 16.4. The first kappa shape index (κ1) is 21.0. The Morgan fingerprint density at radius 1 is 1.21 bits per heavy atom. The lowest BCUT2D eigenvalue weighted by molar-refractivity contribution is -0.138. The third-order valence-electron chi connectivity index (χ3n) is 5.61. The van der Waals surface area contributed by atoms with Crippen LogP contribution in [-0.4, -0.2) is 81.4 Å². The van der Waals surface area contributed by atoms with Gasteiger partial charge < -0.3 is 14.5 Å². The smallest absolute Gasteiger partial charge is 0.246 e. The van der Waals surface area contributed by atoms with Gasteiger partial charge in [-0.3, -0.25) is 4.79 Å². The largest absolute Gasteiger partial charge is 0.495 e. The van der Waals surface area contributed by atoms with Gasteiger partial charge in [0.2, 0.25) is 15.9 Å². The van der Waals surface area contributed by atoms with E-state index in [0.29, 0.717) is 32.5 Å². The molecule has 9 heteroatoms. The van der Waals surface area contributed by atoms with Crippen LogP contribution in [0.25, 0.3) is 0 Å². The predicted octanol–water partition coefficient (Wildman–Crippen LogP) is 1.40. The molecule has 0 saturated carbocycles. The Labute approximate surface area is 166 Å². The van der Waals surface area contributed by atoms with Crippen molar-refractivity contribution in [1.29, 1.82) is 0 Å². The minimum atomic E-state index is -3.95. The molecule has 7 nitrogen and oxygen atoms in total. The molecule has 28 heavy (non-hydrogen) atoms. The maximum absolute atomic E-state index is 13.7. The molecule has 156 valence electrons. The summed E-state index contributed by atoms with van der Waals surface area (Å²) in [5.41, 5.74) is 0. The number of ether oxygens (including phenoxy) is 1. The minimum absolute atomic E-state index is 0.0156. The van der Waals surface area contributed by atoms with Crippen LogP contribution in [0.3, 0.4) is 0 Å². The van der Waals surface area contributed by atoms with E-state index in [9.17, 15) is 17.6 Å². The molecule has 1 atom stereocenters. The van der Waals surface area contributed by atoms with Crippen LogP contribution in [0, 0.1) is 11.7 Å². The number of sulfonamides is 1. The summed E-state index contributed by atoms with van der Waals surface area (Å²) >= 11 is 0. The van der Waals surface area contributed by atoms with Gasteiger partial charge in [-0.1, -0.05) is 6.92 Å². The first-order valence-corrected chi connectivity index (χ1v) is 11.2. The van der Waals surface area contributed by atoms with E-state index in [0.717, 1.165) is 31.8 Å². The number of carbonyl (C=O) groups excluding carboxylic acids is 1. The highest BCUT2D eigenvalue weighted by atomic mass is 32.2. The second-order valence-corrected chi connectivity index (χ2v) is 9.16. The number of piperidine rings is 1. The van der Waals surface area contributed by atoms with E-state index in [2.05, 4.69) is 11.8 Å². The van der Waals surface area contributed by atoms with Crippen molar-refractivity contribution in [1.82, 2.24) is 14.1 Å². The molecule has 2 fully saturated rings. The highest BCUT2D eigenvalue weighted by Gasteiger charge is 2.37. The number of rotatable bonds is 5. The molecule has 0 bridgehead atoms. The molecule has 0 radical (unpaired) electrons. The van der Waals surface area contributed by atoms with Crippen LogP contribution >= 0.6 is 0 Å². The van der Waals surface area contributed by atoms with Gasteiger partial charge in [0.05, 0.1) is 13.0 Å². The van der Waals surface area contributed by atoms with Crippen molar-refractivity contribution < 1.29 is 22.3 Å². The molecular weight excluding hydrogens is 385 g/mol. The van der Waals surface area contributed by atoms with Gasteiger partial charge in [0.15, 0.2) is 0 Å². The summed E-state index contributed by atoms with van der Waals surface area (Å²) < 4.78 is 46.3. The van der Waals surface area contributed by atoms with Gasteiger partial charge in [0.1, 0.15) is 16.5 Å². The van der Waals surface area contributed by atoms with E-state index in [1.165, 1.54) is 17.5 Å². The fraction of sp³-hybridized carbons (Fsp3) is 0.632. The van der Waals surface area contributed by atoms with Gasteiger partial charge in [-0.05, 0) is 37.6 Å². The van der Waals surface area contributed by atoms with Crippen LogP contribution in [0.15, 0.2) is 23.1 Å². The zero-order valence-corrected chi connectivity index (χ0v) is 17.3. The van der Waals surface area contributed by atoms with E-state index in [-0.39, 0.29) is 29.0 Å². The molecule has 1 aromatic carbocycles. The van der Waals surface area contributed by atoms with E-state index >= 15 is 0 Å². The monoisotopic (exact) mass is 413 g/mol. The van der Waals surface area contributed by atoms with E-state index in [1.807, 2.05) is 4.90 Å². The first-order valence-electron chi connectivity index (χ1n) is 9.71. The Morgan fingerprint density at radius 2 is 1.93 bits per heavy atom. The molecule has 0 unspecified atom stereocenters. The average molecular weight is 414 g/mol. The van der Waals surface area contributed by atoms with Gasteiger partial charge in [-0.15, -0.1) is 0 Å². The molecule has 1 amide bonds. The van der Waals surface area contributed by atoms with E-state index < -0.39 is 15.8 Å². The summed E-state index contributed by atoms with van der Waals surface area (Å²) in [4.78, 5) is 16.9. The second-order valence-electron chi connectivity index (χ2n) is 7.26. The number of amides is 1. The van der Waals surface area contributed by atoms with Crippen molar-refractivity contribution in [2.75, 3.05) is 52.9 Å². The lowest BCUT2D eigenvalue weighted by Gasteiger charge is -2.38. The van der Waals surface area contributed by atoms with Crippen molar-refractivity contribution in [2.24, 2.45) is 5.92 Å². The molecule has 2 aliphatic rings. The number of piperazine rings is 1. The molecule has 2 saturated heterocycles. The normalized spacial score (nSPS) is 22.2. The summed E-state index contributed by atoms with van der Waals surface area (Å²) in [6.45, 7) is 6.54. The van der Waals surface area contributed by atoms with Gasteiger partial charge in [0, 0.05) is 39.3 Å². The summed E-state index contributed by atoms with van der Waals surface area (Å²) in [5.74, 6) is -0.888. The van der Waals surface area contributed by atoms with Crippen molar-refractivity contribution in [3.05, 3.63) is 24.0 Å². The van der Waals surface area contributed by atoms with Crippen molar-refractivity contribution in [2.45, 2.75) is 24.7 Å². The molecule has 2 aliphatic heterocycles. The Morgan fingerprint density at radius 3 is 2.57 bits per heavy atom. The molecule has 1 aromatic rings. The molecule has 3 rings (SSSR count). The maximum Gasteiger partial charge on any atom is 0.246 e. The number of likely N-dealkylation sites (N-methyl/N-ethyl adjacent to an activating group) is 1. The summed E-state index contributed by atoms with van der Waals surface area (Å²) in [6.07, 6.45) is 1.27. The van der Waals surface area contributed by atoms with Crippen molar-refractivity contribution in [3.63, 3.8) is 0 Å². The SMILES string of the molecule is CCN1CCN(C(=O)[C@H]2CCCN(S(=O)(=O)c3cc(F)ccc3OC)C2)CC1. The zero-order chi connectivity index (χ0) is 20.3. The Balaban J connectivity index is 1.74. The van der Waals surface area contributed by atoms with Crippen LogP contribution in [0.2, 0.25) is 0 Å². The molecule has 0 aliphatic carbocycles. The quantitative estimate of drug-likeness (QED) is 0.730. The van der Waals surface area contributed by atoms with Gasteiger partial charge in [-0.25, -0.2) is 12.8 Å². The number of carbonyl (C=O) groups is 1. The summed E-state index contributed by atoms with van der Waals surface area (Å²) in [6, 6.07) is 3.45. The lowest BCUT2D eigenvalue weighted by atomic mass is 9.98. The number of nitrogens with zero attached hydrogens (tertiary/aromatic N) is 3. The van der Waals surface area contributed by atoms with E-state index in [4.69, 9.17) is 4.74 Å². The predicted molar refractivity (Wildman–Crippen MR) is 103 cm³/mol. The fourth-order valence-electron chi connectivity index (χ4n) is 3.90. The maximum atomic E-state index is 13.7. The average Bonchev–Trinajstić information content (AvgIpc) is 2.73. The number of halogens is 1. The van der Waals surface area contributed by atoms with E-state index in [1.54, 1.807) is 0 Å². The van der Waals surface area contributed by atoms with Crippen LogP contribution in [-0.2, 0) is 14.8 Å². The number of hydrogen-bond acceptors (Lipinski definition) is 5. The Kier molecular flexibility index (Phi) is 6.57. The number of benzene rings is 1. The number of methoxy groups -OCH3 is 1. The fourth-order valence-corrected chi connectivity index (χ4v) is 5.59. The molecular formula is C19H28FN3O4S. The van der Waals surface area contributed by atoms with Gasteiger partial charge in [-0.2, -0.15) is 4.31 Å². The highest BCUT2D eigenvalue weighted by molar-refractivity contribution is 7.89. The van der Waals surface area contributed by atoms with Crippen molar-refractivity contribution >= 4 is 15.9 Å². The summed E-state index contributed by atoms with van der Waals surface area (Å²) in [5, 5.41) is 0. The van der Waals surface area contributed by atoms with Crippen LogP contribution < -0.4 is 4.74 Å². The van der Waals surface area contributed by atoms with Gasteiger partial charge in [0.25, 0.3) is 0 Å². The van der Waals surface area contributed by atoms with Crippen molar-refractivity contribution in [3.8, 4) is 5.75 Å². The summed E-state index contributed by atoms with van der Waals surface area (Å²) in [7, 11) is -2.60. The topological polar surface area (TPSA) is 70.2 Å². The lowest BCUT2D eigenvalue weighted by Crippen LogP contribution is -2.52. The minimum Gasteiger partial charge on any atom is -0.495 e.